The van der Waals surface area contributed by atoms with E-state index in [1.165, 1.54) is 11.5 Å². The van der Waals surface area contributed by atoms with Gasteiger partial charge in [0.15, 0.2) is 0 Å². The molecular weight excluding hydrogens is 184 g/mol. The largest absolute Gasteiger partial charge is 0.0938 e. The maximum Gasteiger partial charge on any atom is 0.00708 e. The first-order valence-electron chi connectivity index (χ1n) is 4.87. The van der Waals surface area contributed by atoms with Crippen molar-refractivity contribution in [2.45, 2.75) is 27.7 Å². The van der Waals surface area contributed by atoms with Crippen molar-refractivity contribution in [2.24, 2.45) is 23.7 Å². The molecule has 0 saturated carbocycles. The highest BCUT2D eigenvalue weighted by atomic mass is 33.1. The third-order valence-electron chi connectivity index (χ3n) is 2.87. The van der Waals surface area contributed by atoms with Gasteiger partial charge in [0.05, 0.1) is 0 Å². The fourth-order valence-corrected chi connectivity index (χ4v) is 5.17. The van der Waals surface area contributed by atoms with Gasteiger partial charge in [-0.15, -0.1) is 0 Å². The van der Waals surface area contributed by atoms with Crippen LogP contribution in [0.4, 0.5) is 0 Å². The van der Waals surface area contributed by atoms with Crippen LogP contribution in [-0.4, -0.2) is 11.5 Å². The minimum Gasteiger partial charge on any atom is -0.0938 e. The quantitative estimate of drug-likeness (QED) is 0.625. The van der Waals surface area contributed by atoms with Crippen LogP contribution in [0, 0.1) is 23.7 Å². The number of hydrogen-bond acceptors (Lipinski definition) is 2. The van der Waals surface area contributed by atoms with Crippen molar-refractivity contribution < 1.29 is 0 Å². The van der Waals surface area contributed by atoms with Crippen LogP contribution < -0.4 is 0 Å². The van der Waals surface area contributed by atoms with Gasteiger partial charge in [-0.1, -0.05) is 49.3 Å². The molecule has 1 rings (SSSR count). The molecule has 72 valence electrons. The monoisotopic (exact) mass is 204 g/mol. The molecule has 0 spiro atoms. The van der Waals surface area contributed by atoms with Crippen molar-refractivity contribution in [1.29, 1.82) is 0 Å². The first-order chi connectivity index (χ1) is 5.63. The third-order valence-corrected chi connectivity index (χ3v) is 5.39. The molecule has 0 aliphatic carbocycles. The standard InChI is InChI=1S/C10H20S2/c1-7(2)9-5-11-12-6-10(9)8(3)4/h7-10H,5-6H2,1-4H3. The summed E-state index contributed by atoms with van der Waals surface area (Å²) in [6, 6.07) is 0. The Kier molecular flexibility index (Phi) is 4.31. The zero-order valence-corrected chi connectivity index (χ0v) is 10.2. The maximum atomic E-state index is 2.37. The van der Waals surface area contributed by atoms with Crippen LogP contribution in [0.15, 0.2) is 0 Å². The van der Waals surface area contributed by atoms with E-state index in [2.05, 4.69) is 49.3 Å². The Morgan fingerprint density at radius 2 is 1.17 bits per heavy atom. The van der Waals surface area contributed by atoms with Gasteiger partial charge >= 0.3 is 0 Å². The van der Waals surface area contributed by atoms with Gasteiger partial charge in [0.1, 0.15) is 0 Å². The number of hydrogen-bond donors (Lipinski definition) is 0. The summed E-state index contributed by atoms with van der Waals surface area (Å²) >= 11 is 0. The number of rotatable bonds is 2. The summed E-state index contributed by atoms with van der Waals surface area (Å²) in [7, 11) is 4.14. The summed E-state index contributed by atoms with van der Waals surface area (Å²) in [5.41, 5.74) is 0. The van der Waals surface area contributed by atoms with Crippen molar-refractivity contribution in [3.05, 3.63) is 0 Å². The smallest absolute Gasteiger partial charge is 0.00708 e. The Labute approximate surface area is 84.7 Å². The molecule has 0 nitrogen and oxygen atoms in total. The molecule has 0 N–H and O–H groups in total. The average Bonchev–Trinajstić information content (AvgIpc) is 2.04. The Morgan fingerprint density at radius 1 is 0.833 bits per heavy atom. The van der Waals surface area contributed by atoms with E-state index in [1.54, 1.807) is 0 Å². The van der Waals surface area contributed by atoms with E-state index >= 15 is 0 Å². The van der Waals surface area contributed by atoms with Crippen molar-refractivity contribution in [1.82, 2.24) is 0 Å². The molecule has 0 aromatic carbocycles. The first kappa shape index (κ1) is 10.8. The van der Waals surface area contributed by atoms with Gasteiger partial charge in [-0.3, -0.25) is 0 Å². The van der Waals surface area contributed by atoms with E-state index in [9.17, 15) is 0 Å². The van der Waals surface area contributed by atoms with Crippen molar-refractivity contribution in [3.63, 3.8) is 0 Å². The molecule has 12 heavy (non-hydrogen) atoms. The van der Waals surface area contributed by atoms with Gasteiger partial charge in [0.2, 0.25) is 0 Å². The summed E-state index contributed by atoms with van der Waals surface area (Å²) in [5.74, 6) is 6.38. The summed E-state index contributed by atoms with van der Waals surface area (Å²) in [6.07, 6.45) is 0. The lowest BCUT2D eigenvalue weighted by molar-refractivity contribution is 0.244. The van der Waals surface area contributed by atoms with Crippen LogP contribution in [-0.2, 0) is 0 Å². The minimum atomic E-state index is 0.866. The normalized spacial score (nSPS) is 31.5. The Hall–Kier alpha value is 0.700. The Morgan fingerprint density at radius 3 is 1.42 bits per heavy atom. The molecule has 2 heteroatoms. The van der Waals surface area contributed by atoms with Gasteiger partial charge in [-0.2, -0.15) is 0 Å². The fraction of sp³-hybridized carbons (Fsp3) is 1.00. The lowest BCUT2D eigenvalue weighted by Gasteiger charge is -2.35. The second-order valence-electron chi connectivity index (χ2n) is 4.38. The highest BCUT2D eigenvalue weighted by molar-refractivity contribution is 8.76. The van der Waals surface area contributed by atoms with Crippen molar-refractivity contribution >= 4 is 21.6 Å². The van der Waals surface area contributed by atoms with E-state index in [-0.39, 0.29) is 0 Å². The van der Waals surface area contributed by atoms with E-state index < -0.39 is 0 Å². The van der Waals surface area contributed by atoms with Gasteiger partial charge in [-0.05, 0) is 23.7 Å². The fourth-order valence-electron chi connectivity index (χ4n) is 1.87. The minimum absolute atomic E-state index is 0.866. The van der Waals surface area contributed by atoms with Crippen LogP contribution in [0.1, 0.15) is 27.7 Å². The lowest BCUT2D eigenvalue weighted by Crippen LogP contribution is -2.30. The molecule has 1 aliphatic heterocycles. The molecule has 0 aromatic heterocycles. The molecule has 1 saturated heterocycles. The summed E-state index contributed by atoms with van der Waals surface area (Å²) in [5, 5.41) is 0. The summed E-state index contributed by atoms with van der Waals surface area (Å²) < 4.78 is 0. The van der Waals surface area contributed by atoms with Gasteiger partial charge in [0.25, 0.3) is 0 Å². The van der Waals surface area contributed by atoms with E-state index in [4.69, 9.17) is 0 Å². The molecule has 1 aliphatic rings. The summed E-state index contributed by atoms with van der Waals surface area (Å²) in [4.78, 5) is 0. The van der Waals surface area contributed by atoms with Crippen LogP contribution in [0.3, 0.4) is 0 Å². The molecule has 0 aromatic rings. The van der Waals surface area contributed by atoms with Crippen LogP contribution in [0.5, 0.6) is 0 Å². The second kappa shape index (κ2) is 4.80. The molecular formula is C10H20S2. The molecule has 0 bridgehead atoms. The van der Waals surface area contributed by atoms with Crippen LogP contribution in [0.25, 0.3) is 0 Å². The van der Waals surface area contributed by atoms with Gasteiger partial charge < -0.3 is 0 Å². The highest BCUT2D eigenvalue weighted by Gasteiger charge is 2.30. The second-order valence-corrected chi connectivity index (χ2v) is 6.94. The predicted octanol–water partition coefficient (Wildman–Crippen LogP) is 3.93. The highest BCUT2D eigenvalue weighted by Crippen LogP contribution is 2.42. The van der Waals surface area contributed by atoms with E-state index in [0.717, 1.165) is 23.7 Å². The van der Waals surface area contributed by atoms with Gasteiger partial charge in [-0.25, -0.2) is 0 Å². The predicted molar refractivity (Wildman–Crippen MR) is 61.6 cm³/mol. The van der Waals surface area contributed by atoms with Crippen molar-refractivity contribution in [3.8, 4) is 0 Å². The Bertz CT molecular complexity index is 116. The van der Waals surface area contributed by atoms with Gasteiger partial charge in [0, 0.05) is 11.5 Å². The SMILES string of the molecule is CC(C)C1CSSCC1C(C)C. The topological polar surface area (TPSA) is 0 Å². The van der Waals surface area contributed by atoms with Crippen LogP contribution in [0.2, 0.25) is 0 Å². The molecule has 1 heterocycles. The van der Waals surface area contributed by atoms with E-state index in [1.807, 2.05) is 0 Å². The van der Waals surface area contributed by atoms with Crippen LogP contribution >= 0.6 is 21.6 Å². The zero-order chi connectivity index (χ0) is 9.14. The zero-order valence-electron chi connectivity index (χ0n) is 8.54. The molecule has 0 amide bonds. The van der Waals surface area contributed by atoms with E-state index in [0.29, 0.717) is 0 Å². The molecule has 0 radical (unpaired) electrons. The molecule has 2 atom stereocenters. The first-order valence-corrected chi connectivity index (χ1v) is 7.36. The third kappa shape index (κ3) is 2.59. The summed E-state index contributed by atoms with van der Waals surface area (Å²) in [6.45, 7) is 9.49. The maximum absolute atomic E-state index is 2.37. The molecule has 1 fully saturated rings. The average molecular weight is 204 g/mol. The molecule has 2 unspecified atom stereocenters. The lowest BCUT2D eigenvalue weighted by atomic mass is 9.79. The van der Waals surface area contributed by atoms with Crippen molar-refractivity contribution in [2.75, 3.05) is 11.5 Å². The Balaban J connectivity index is 2.54.